The molecule has 0 saturated carbocycles. The Morgan fingerprint density at radius 1 is 0.864 bits per heavy atom. The molecule has 3 aromatic rings. The molecule has 1 N–H and O–H groups in total. The van der Waals surface area contributed by atoms with Crippen LogP contribution >= 0.6 is 15.9 Å². The van der Waals surface area contributed by atoms with Crippen LogP contribution < -0.4 is 24.3 Å². The Labute approximate surface area is 266 Å². The molecule has 5 rings (SSSR count). The van der Waals surface area contributed by atoms with E-state index in [9.17, 15) is 9.59 Å². The highest BCUT2D eigenvalue weighted by molar-refractivity contribution is 9.10. The number of Topliss-reactive ketones (excluding diaryl/α,β-unsaturated/α-hetero) is 1. The van der Waals surface area contributed by atoms with Gasteiger partial charge in [-0.15, -0.1) is 0 Å². The highest BCUT2D eigenvalue weighted by Crippen LogP contribution is 2.49. The van der Waals surface area contributed by atoms with Gasteiger partial charge >= 0.3 is 5.97 Å². The van der Waals surface area contributed by atoms with Crippen molar-refractivity contribution in [1.29, 1.82) is 0 Å². The molecule has 2 atom stereocenters. The molecule has 2 aliphatic rings. The van der Waals surface area contributed by atoms with Gasteiger partial charge in [-0.1, -0.05) is 36.4 Å². The van der Waals surface area contributed by atoms with Crippen molar-refractivity contribution in [2.75, 3.05) is 35.0 Å². The minimum absolute atomic E-state index is 0.0449. The van der Waals surface area contributed by atoms with Crippen LogP contribution in [-0.2, 0) is 20.7 Å². The van der Waals surface area contributed by atoms with Crippen LogP contribution in [0.3, 0.4) is 0 Å². The van der Waals surface area contributed by atoms with Crippen LogP contribution in [0.15, 0.2) is 87.7 Å². The highest BCUT2D eigenvalue weighted by atomic mass is 79.9. The second-order valence-electron chi connectivity index (χ2n) is 10.7. The summed E-state index contributed by atoms with van der Waals surface area (Å²) in [7, 11) is 6.31. The van der Waals surface area contributed by atoms with Crippen LogP contribution in [0.1, 0.15) is 48.3 Å². The maximum Gasteiger partial charge on any atom is 0.336 e. The molecule has 3 aromatic carbocycles. The van der Waals surface area contributed by atoms with Crippen molar-refractivity contribution >= 4 is 27.7 Å². The number of hydrogen-bond donors (Lipinski definition) is 1. The summed E-state index contributed by atoms with van der Waals surface area (Å²) in [6, 6.07) is 19.3. The summed E-state index contributed by atoms with van der Waals surface area (Å²) >= 11 is 3.60. The van der Waals surface area contributed by atoms with Gasteiger partial charge in [0.15, 0.2) is 28.8 Å². The van der Waals surface area contributed by atoms with E-state index in [2.05, 4.69) is 21.2 Å². The van der Waals surface area contributed by atoms with Crippen LogP contribution in [0.5, 0.6) is 23.0 Å². The van der Waals surface area contributed by atoms with Crippen molar-refractivity contribution in [3.8, 4) is 23.0 Å². The van der Waals surface area contributed by atoms with Crippen LogP contribution in [0.25, 0.3) is 0 Å². The fraction of sp³-hybridized carbons (Fsp3) is 0.314. The third kappa shape index (κ3) is 6.19. The van der Waals surface area contributed by atoms with E-state index in [-0.39, 0.29) is 24.7 Å². The summed E-state index contributed by atoms with van der Waals surface area (Å²) in [6.45, 7) is 2.06. The predicted molar refractivity (Wildman–Crippen MR) is 170 cm³/mol. The van der Waals surface area contributed by atoms with E-state index in [4.69, 9.17) is 23.7 Å². The van der Waals surface area contributed by atoms with E-state index in [1.54, 1.807) is 28.4 Å². The SMILES string of the molecule is COc1ccc([C@H]2CC(=O)C3=C(C2)NC(C)=C(C(=O)OCCc2ccccc2)[C@@H]3c2cc(Br)c(OC)c(OC)c2)cc1OC. The van der Waals surface area contributed by atoms with Crippen LogP contribution in [0, 0.1) is 0 Å². The van der Waals surface area contributed by atoms with Gasteiger partial charge in [0, 0.05) is 35.7 Å². The standard InChI is InChI=1S/C35H36BrNO7/c1-20-31(35(39)44-14-13-21-9-7-6-8-10-21)32(24-15-25(36)34(43-5)30(19-24)42-4)33-26(37-20)16-23(17-27(33)38)22-11-12-28(40-2)29(18-22)41-3/h6-12,15,18-19,23,32,37H,13-14,16-17H2,1-5H3/t23-,32+/m1/s1. The second kappa shape index (κ2) is 13.6. The largest absolute Gasteiger partial charge is 0.493 e. The fourth-order valence-electron chi connectivity index (χ4n) is 6.07. The molecule has 0 radical (unpaired) electrons. The minimum Gasteiger partial charge on any atom is -0.493 e. The number of hydrogen-bond acceptors (Lipinski definition) is 8. The van der Waals surface area contributed by atoms with Crippen molar-refractivity contribution < 1.29 is 33.3 Å². The molecule has 1 aliphatic carbocycles. The van der Waals surface area contributed by atoms with Gasteiger partial charge in [0.05, 0.1) is 45.1 Å². The predicted octanol–water partition coefficient (Wildman–Crippen LogP) is 6.63. The molecule has 0 unspecified atom stereocenters. The number of nitrogens with one attached hydrogen (secondary N) is 1. The number of ether oxygens (including phenoxy) is 5. The number of carbonyl (C=O) groups excluding carboxylic acids is 2. The Hall–Kier alpha value is -4.24. The van der Waals surface area contributed by atoms with Gasteiger partial charge < -0.3 is 29.0 Å². The zero-order valence-electron chi connectivity index (χ0n) is 25.5. The first-order chi connectivity index (χ1) is 21.3. The van der Waals surface area contributed by atoms with Crippen LogP contribution in [0.2, 0.25) is 0 Å². The Morgan fingerprint density at radius 2 is 1.57 bits per heavy atom. The summed E-state index contributed by atoms with van der Waals surface area (Å²) in [5.41, 5.74) is 5.15. The number of halogens is 1. The van der Waals surface area contributed by atoms with E-state index in [1.165, 1.54) is 0 Å². The van der Waals surface area contributed by atoms with E-state index in [0.29, 0.717) is 57.2 Å². The zero-order valence-corrected chi connectivity index (χ0v) is 27.1. The molecule has 230 valence electrons. The number of allylic oxidation sites excluding steroid dienone is 3. The van der Waals surface area contributed by atoms with Crippen molar-refractivity contribution in [1.82, 2.24) is 5.32 Å². The molecular formula is C35H36BrNO7. The maximum absolute atomic E-state index is 14.1. The highest BCUT2D eigenvalue weighted by Gasteiger charge is 2.42. The molecule has 0 fully saturated rings. The lowest BCUT2D eigenvalue weighted by atomic mass is 9.71. The molecule has 8 nitrogen and oxygen atoms in total. The van der Waals surface area contributed by atoms with E-state index < -0.39 is 11.9 Å². The Balaban J connectivity index is 1.53. The van der Waals surface area contributed by atoms with Gasteiger partial charge in [-0.3, -0.25) is 4.79 Å². The molecular weight excluding hydrogens is 626 g/mol. The fourth-order valence-corrected chi connectivity index (χ4v) is 6.70. The number of ketones is 1. The average molecular weight is 663 g/mol. The number of rotatable bonds is 10. The zero-order chi connectivity index (χ0) is 31.4. The Kier molecular flexibility index (Phi) is 9.64. The molecule has 1 aliphatic heterocycles. The third-order valence-electron chi connectivity index (χ3n) is 8.18. The first-order valence-electron chi connectivity index (χ1n) is 14.4. The lowest BCUT2D eigenvalue weighted by Gasteiger charge is -2.37. The lowest BCUT2D eigenvalue weighted by Crippen LogP contribution is -2.36. The third-order valence-corrected chi connectivity index (χ3v) is 8.77. The topological polar surface area (TPSA) is 92.3 Å². The first kappa shape index (κ1) is 31.2. The first-order valence-corrected chi connectivity index (χ1v) is 15.2. The average Bonchev–Trinajstić information content (AvgIpc) is 3.03. The molecule has 0 saturated heterocycles. The number of esters is 1. The number of carbonyl (C=O) groups is 2. The van der Waals surface area contributed by atoms with Gasteiger partial charge in [-0.25, -0.2) is 4.79 Å². The summed E-state index contributed by atoms with van der Waals surface area (Å²) in [5.74, 6) is 0.985. The molecule has 9 heteroatoms. The Bertz CT molecular complexity index is 1630. The van der Waals surface area contributed by atoms with Crippen molar-refractivity contribution in [2.24, 2.45) is 0 Å². The van der Waals surface area contributed by atoms with Gasteiger partial charge in [-0.05, 0) is 76.1 Å². The van der Waals surface area contributed by atoms with Gasteiger partial charge in [-0.2, -0.15) is 0 Å². The monoisotopic (exact) mass is 661 g/mol. The molecule has 1 heterocycles. The second-order valence-corrected chi connectivity index (χ2v) is 11.6. The summed E-state index contributed by atoms with van der Waals surface area (Å²) < 4.78 is 28.6. The van der Waals surface area contributed by atoms with Crippen molar-refractivity contribution in [3.05, 3.63) is 104 Å². The maximum atomic E-state index is 14.1. The number of dihydropyridines is 1. The van der Waals surface area contributed by atoms with Gasteiger partial charge in [0.25, 0.3) is 0 Å². The summed E-state index contributed by atoms with van der Waals surface area (Å²) in [5, 5.41) is 3.42. The quantitative estimate of drug-likeness (QED) is 0.242. The smallest absolute Gasteiger partial charge is 0.336 e. The van der Waals surface area contributed by atoms with E-state index >= 15 is 0 Å². The van der Waals surface area contributed by atoms with Gasteiger partial charge in [0.2, 0.25) is 0 Å². The van der Waals surface area contributed by atoms with Crippen molar-refractivity contribution in [2.45, 2.75) is 38.0 Å². The van der Waals surface area contributed by atoms with Crippen molar-refractivity contribution in [3.63, 3.8) is 0 Å². The molecule has 0 amide bonds. The Morgan fingerprint density at radius 3 is 2.25 bits per heavy atom. The van der Waals surface area contributed by atoms with E-state index in [1.807, 2.05) is 67.6 Å². The van der Waals surface area contributed by atoms with E-state index in [0.717, 1.165) is 22.4 Å². The molecule has 44 heavy (non-hydrogen) atoms. The normalized spacial score (nSPS) is 17.9. The molecule has 0 aromatic heterocycles. The minimum atomic E-state index is -0.662. The number of benzene rings is 3. The van der Waals surface area contributed by atoms with Gasteiger partial charge in [0.1, 0.15) is 0 Å². The lowest BCUT2D eigenvalue weighted by molar-refractivity contribution is -0.139. The summed E-state index contributed by atoms with van der Waals surface area (Å²) in [6.07, 6.45) is 1.43. The molecule has 0 spiro atoms. The van der Waals surface area contributed by atoms with Crippen LogP contribution in [0.4, 0.5) is 0 Å². The summed E-state index contributed by atoms with van der Waals surface area (Å²) in [4.78, 5) is 27.9. The number of methoxy groups -OCH3 is 4. The van der Waals surface area contributed by atoms with Crippen LogP contribution in [-0.4, -0.2) is 46.8 Å². The molecule has 0 bridgehead atoms.